The van der Waals surface area contributed by atoms with Gasteiger partial charge in [-0.2, -0.15) is 0 Å². The highest BCUT2D eigenvalue weighted by atomic mass is 16.5. The zero-order chi connectivity index (χ0) is 16.2. The zero-order valence-corrected chi connectivity index (χ0v) is 14.8. The fraction of sp³-hybridized carbons (Fsp3) is 0.667. The van der Waals surface area contributed by atoms with Crippen molar-refractivity contribution in [2.45, 2.75) is 25.9 Å². The van der Waals surface area contributed by atoms with Gasteiger partial charge in [-0.15, -0.1) is 0 Å². The number of methoxy groups -OCH3 is 2. The molecule has 1 aromatic carbocycles. The number of fused-ring (bicyclic) bond motifs is 1. The zero-order valence-electron chi connectivity index (χ0n) is 14.8. The number of nitrogens with two attached hydrogens (primary N) is 1. The molecule has 0 amide bonds. The molecule has 4 N–H and O–H groups in total. The number of benzene rings is 1. The molecule has 2 aliphatic heterocycles. The van der Waals surface area contributed by atoms with Crippen LogP contribution in [-0.4, -0.2) is 53.5 Å². The molecule has 0 spiro atoms. The van der Waals surface area contributed by atoms with Gasteiger partial charge in [0.15, 0.2) is 17.5 Å². The third kappa shape index (κ3) is 3.47. The molecule has 0 aromatic heterocycles. The number of hydrogen-bond acceptors (Lipinski definition) is 2. The topological polar surface area (TPSA) is 44.0 Å². The molecule has 23 heavy (non-hydrogen) atoms. The highest BCUT2D eigenvalue weighted by Gasteiger charge is 2.36. The Labute approximate surface area is 139 Å². The van der Waals surface area contributed by atoms with Gasteiger partial charge in [0.1, 0.15) is 39.3 Å². The molecule has 128 valence electrons. The van der Waals surface area contributed by atoms with Crippen molar-refractivity contribution in [2.24, 2.45) is 0 Å². The lowest BCUT2D eigenvalue weighted by atomic mass is 9.94. The van der Waals surface area contributed by atoms with Gasteiger partial charge in [0, 0.05) is 11.1 Å². The summed E-state index contributed by atoms with van der Waals surface area (Å²) in [4.78, 5) is 3.53. The molecule has 0 aliphatic carbocycles. The largest absolute Gasteiger partial charge is 0.493 e. The molecule has 1 fully saturated rings. The smallest absolute Gasteiger partial charge is 0.164 e. The molecule has 3 rings (SSSR count). The van der Waals surface area contributed by atoms with Gasteiger partial charge < -0.3 is 24.6 Å². The van der Waals surface area contributed by atoms with Crippen LogP contribution < -0.4 is 24.6 Å². The second-order valence-corrected chi connectivity index (χ2v) is 6.85. The second kappa shape index (κ2) is 7.51. The number of nitrogens with one attached hydrogen (secondary N) is 2. The van der Waals surface area contributed by atoms with Crippen LogP contribution >= 0.6 is 0 Å². The standard InChI is InChI=1S/C18H29N3O2/c1-4-5-20-6-8-21(9-7-20)16-13-19-12-14-10-17(22-2)18(23-3)11-15(14)16/h10-11,16,19H,4-9,12-13H2,1-3H3/p+3/t16-/m1/s1. The summed E-state index contributed by atoms with van der Waals surface area (Å²) in [6, 6.07) is 4.99. The fourth-order valence-corrected chi connectivity index (χ4v) is 4.23. The Bertz CT molecular complexity index is 527. The van der Waals surface area contributed by atoms with Crippen LogP contribution in [0.5, 0.6) is 11.5 Å². The van der Waals surface area contributed by atoms with Gasteiger partial charge in [-0.3, -0.25) is 0 Å². The summed E-state index contributed by atoms with van der Waals surface area (Å²) < 4.78 is 11.0. The second-order valence-electron chi connectivity index (χ2n) is 6.85. The molecule has 0 bridgehead atoms. The van der Waals surface area contributed by atoms with E-state index in [4.69, 9.17) is 9.47 Å². The van der Waals surface area contributed by atoms with Crippen molar-refractivity contribution in [3.05, 3.63) is 23.3 Å². The van der Waals surface area contributed by atoms with Gasteiger partial charge >= 0.3 is 0 Å². The van der Waals surface area contributed by atoms with Gasteiger partial charge in [0.2, 0.25) is 0 Å². The molecule has 1 aromatic rings. The van der Waals surface area contributed by atoms with Crippen molar-refractivity contribution >= 4 is 0 Å². The first-order valence-corrected chi connectivity index (χ1v) is 9.01. The summed E-state index contributed by atoms with van der Waals surface area (Å²) >= 11 is 0. The monoisotopic (exact) mass is 322 g/mol. The first-order valence-electron chi connectivity index (χ1n) is 9.01. The highest BCUT2D eigenvalue weighted by Crippen LogP contribution is 2.33. The fourth-order valence-electron chi connectivity index (χ4n) is 4.23. The summed E-state index contributed by atoms with van der Waals surface area (Å²) in [7, 11) is 3.45. The molecule has 0 saturated carbocycles. The lowest BCUT2D eigenvalue weighted by molar-refractivity contribution is -1.03. The van der Waals surface area contributed by atoms with E-state index in [0.717, 1.165) is 18.0 Å². The van der Waals surface area contributed by atoms with E-state index in [9.17, 15) is 0 Å². The van der Waals surface area contributed by atoms with Crippen molar-refractivity contribution in [2.75, 3.05) is 53.5 Å². The lowest BCUT2D eigenvalue weighted by Gasteiger charge is -2.36. The normalized spacial score (nSPS) is 27.3. The summed E-state index contributed by atoms with van der Waals surface area (Å²) in [5.41, 5.74) is 2.88. The molecular weight excluding hydrogens is 290 g/mol. The third-order valence-electron chi connectivity index (χ3n) is 5.48. The Hall–Kier alpha value is -1.30. The maximum absolute atomic E-state index is 5.54. The van der Waals surface area contributed by atoms with Crippen molar-refractivity contribution in [1.82, 2.24) is 0 Å². The molecule has 2 heterocycles. The van der Waals surface area contributed by atoms with Crippen LogP contribution in [0.15, 0.2) is 12.1 Å². The van der Waals surface area contributed by atoms with E-state index < -0.39 is 0 Å². The van der Waals surface area contributed by atoms with E-state index in [0.29, 0.717) is 6.04 Å². The number of rotatable bonds is 5. The van der Waals surface area contributed by atoms with E-state index >= 15 is 0 Å². The molecule has 5 heteroatoms. The van der Waals surface area contributed by atoms with Crippen LogP contribution in [0.4, 0.5) is 0 Å². The van der Waals surface area contributed by atoms with E-state index in [1.807, 2.05) is 0 Å². The number of ether oxygens (including phenoxy) is 2. The van der Waals surface area contributed by atoms with E-state index in [2.05, 4.69) is 24.4 Å². The van der Waals surface area contributed by atoms with Crippen molar-refractivity contribution in [3.63, 3.8) is 0 Å². The number of quaternary nitrogens is 3. The summed E-state index contributed by atoms with van der Waals surface area (Å²) in [6.07, 6.45) is 1.29. The molecular formula is C18H32N3O2+3. The summed E-state index contributed by atoms with van der Waals surface area (Å²) in [6.45, 7) is 11.0. The van der Waals surface area contributed by atoms with E-state index in [-0.39, 0.29) is 0 Å². The minimum Gasteiger partial charge on any atom is -0.493 e. The van der Waals surface area contributed by atoms with E-state index in [1.165, 1.54) is 56.8 Å². The Morgan fingerprint density at radius 3 is 2.43 bits per heavy atom. The molecule has 0 radical (unpaired) electrons. The van der Waals surface area contributed by atoms with Crippen LogP contribution in [0.1, 0.15) is 30.5 Å². The minimum atomic E-state index is 0.585. The maximum atomic E-state index is 5.54. The predicted octanol–water partition coefficient (Wildman–Crippen LogP) is -1.98. The average molecular weight is 322 g/mol. The predicted molar refractivity (Wildman–Crippen MR) is 89.3 cm³/mol. The van der Waals surface area contributed by atoms with Gasteiger partial charge in [-0.1, -0.05) is 6.92 Å². The van der Waals surface area contributed by atoms with Gasteiger partial charge in [-0.25, -0.2) is 0 Å². The Morgan fingerprint density at radius 1 is 1.09 bits per heavy atom. The van der Waals surface area contributed by atoms with Gasteiger partial charge in [0.25, 0.3) is 0 Å². The Kier molecular flexibility index (Phi) is 5.41. The van der Waals surface area contributed by atoms with Crippen molar-refractivity contribution < 1.29 is 24.6 Å². The number of piperazine rings is 1. The first-order chi connectivity index (χ1) is 11.3. The van der Waals surface area contributed by atoms with Crippen LogP contribution in [0.2, 0.25) is 0 Å². The SMILES string of the molecule is CCC[NH+]1CC[NH+]([C@@H]2C[NH2+]Cc3cc(OC)c(OC)cc32)CC1. The first kappa shape index (κ1) is 16.6. The number of hydrogen-bond donors (Lipinski definition) is 3. The average Bonchev–Trinajstić information content (AvgIpc) is 2.61. The molecule has 1 atom stereocenters. The highest BCUT2D eigenvalue weighted by molar-refractivity contribution is 5.48. The van der Waals surface area contributed by atoms with Crippen molar-refractivity contribution in [1.29, 1.82) is 0 Å². The maximum Gasteiger partial charge on any atom is 0.164 e. The Balaban J connectivity index is 1.79. The third-order valence-corrected chi connectivity index (χ3v) is 5.48. The quantitative estimate of drug-likeness (QED) is 0.588. The van der Waals surface area contributed by atoms with Gasteiger partial charge in [-0.05, 0) is 18.6 Å². The van der Waals surface area contributed by atoms with Crippen molar-refractivity contribution in [3.8, 4) is 11.5 Å². The lowest BCUT2D eigenvalue weighted by Crippen LogP contribution is -3.29. The van der Waals surface area contributed by atoms with Crippen LogP contribution in [0.3, 0.4) is 0 Å². The van der Waals surface area contributed by atoms with Gasteiger partial charge in [0.05, 0.1) is 20.8 Å². The summed E-state index contributed by atoms with van der Waals surface area (Å²) in [5, 5.41) is 2.44. The van der Waals surface area contributed by atoms with E-state index in [1.54, 1.807) is 24.0 Å². The molecule has 5 nitrogen and oxygen atoms in total. The van der Waals surface area contributed by atoms with Crippen LogP contribution in [0.25, 0.3) is 0 Å². The molecule has 1 saturated heterocycles. The molecule has 2 aliphatic rings. The molecule has 0 unspecified atom stereocenters. The van der Waals surface area contributed by atoms with Crippen LogP contribution in [-0.2, 0) is 6.54 Å². The van der Waals surface area contributed by atoms with Crippen LogP contribution in [0, 0.1) is 0 Å². The summed E-state index contributed by atoms with van der Waals surface area (Å²) in [5.74, 6) is 1.72. The Morgan fingerprint density at radius 2 is 1.78 bits per heavy atom. The minimum absolute atomic E-state index is 0.585.